The molecule has 10 rings (SSSR count). The number of pyridine rings is 10. The van der Waals surface area contributed by atoms with Crippen LogP contribution in [0.25, 0.3) is 54.5 Å². The molecule has 0 bridgehead atoms. The highest BCUT2D eigenvalue weighted by molar-refractivity contribution is 14.1. The Hall–Kier alpha value is -7.16. The molecule has 0 saturated carbocycles. The normalized spacial score (nSPS) is 10.4. The number of esters is 2. The molecule has 0 aliphatic rings. The highest BCUT2D eigenvalue weighted by Gasteiger charge is 2.14. The van der Waals surface area contributed by atoms with Gasteiger partial charge in [-0.25, -0.2) is 39.3 Å². The van der Waals surface area contributed by atoms with Gasteiger partial charge in [0.25, 0.3) is 11.8 Å². The summed E-state index contributed by atoms with van der Waals surface area (Å²) < 4.78 is 12.6. The molecule has 10 aromatic rings. The van der Waals surface area contributed by atoms with E-state index in [1.54, 1.807) is 118 Å². The molecular weight excluding hydrogens is 1510 g/mol. The first-order chi connectivity index (χ1) is 41.6. The zero-order chi connectivity index (χ0) is 62.0. The molecule has 22 nitrogen and oxygen atoms in total. The van der Waals surface area contributed by atoms with Crippen LogP contribution < -0.4 is 10.6 Å². The van der Waals surface area contributed by atoms with Crippen molar-refractivity contribution in [3.05, 3.63) is 174 Å². The Balaban J connectivity index is 0.000000236. The molecule has 0 saturated heterocycles. The van der Waals surface area contributed by atoms with Crippen LogP contribution in [0.4, 0.5) is 0 Å². The van der Waals surface area contributed by atoms with Crippen LogP contribution in [0.3, 0.4) is 0 Å². The second-order valence-electron chi connectivity index (χ2n) is 18.0. The fourth-order valence-electron chi connectivity index (χ4n) is 7.88. The monoisotopic (exact) mass is 1570 g/mol. The van der Waals surface area contributed by atoms with Gasteiger partial charge in [0.05, 0.1) is 51.5 Å². The molecule has 0 spiro atoms. The molecule has 0 fully saturated rings. The summed E-state index contributed by atoms with van der Waals surface area (Å²) in [5.74, 6) is -2.06. The van der Waals surface area contributed by atoms with Crippen molar-refractivity contribution in [3.63, 3.8) is 0 Å². The number of fused-ring (bicyclic) bond motifs is 5. The third-order valence-electron chi connectivity index (χ3n) is 12.5. The van der Waals surface area contributed by atoms with Crippen LogP contribution in [0.2, 0.25) is 0 Å². The molecule has 462 valence electrons. The first-order valence-electron chi connectivity index (χ1n) is 27.3. The number of hydrogen-bond donors (Lipinski definition) is 3. The van der Waals surface area contributed by atoms with Crippen molar-refractivity contribution < 1.29 is 38.6 Å². The fraction of sp³-hybridized carbons (Fsp3) is 0.262. The maximum atomic E-state index is 12.1. The average Bonchev–Trinajstić information content (AvgIpc) is 3.38. The van der Waals surface area contributed by atoms with E-state index >= 15 is 0 Å². The van der Waals surface area contributed by atoms with Gasteiger partial charge in [0, 0.05) is 115 Å². The summed E-state index contributed by atoms with van der Waals surface area (Å²) in [6, 6.07) is 20.8. The maximum Gasteiger partial charge on any atom is 0.356 e. The Morgan fingerprint density at radius 1 is 0.420 bits per heavy atom. The number of aromatic carboxylic acids is 1. The Bertz CT molecular complexity index is 3840. The van der Waals surface area contributed by atoms with E-state index in [4.69, 9.17) is 14.6 Å². The van der Waals surface area contributed by atoms with Crippen LogP contribution in [0.1, 0.15) is 94.0 Å². The lowest BCUT2D eigenvalue weighted by atomic mass is 10.2. The number of amides is 2. The number of aromatic nitrogens is 10. The molecular formula is C61H65Cl2I3N14O8. The van der Waals surface area contributed by atoms with Crippen molar-refractivity contribution in [3.8, 4) is 0 Å². The second-order valence-corrected chi connectivity index (χ2v) is 21.5. The summed E-state index contributed by atoms with van der Waals surface area (Å²) in [7, 11) is 0. The first kappa shape index (κ1) is 73.3. The standard InChI is InChI=1S/2C15H19IN4O.C11H9IN2O2.C11H10N2O2.C9H6N2O2.2ClH/c2*1-3-20(4-2)8-7-18-15(21)13-6-5-11-9-17-10-12(16)14(11)19-13;1-2-16-11(15)9-4-3-7-5-13-6-8(12)10(7)14-9;1-2-15-11(14)10-4-3-8-7-12-6-5-9(8)13-10;12-9(13)8-2-1-6-5-10-4-3-7(6)11-8;;/h2*5-6,9-10H,3-4,7-8H2,1-2H3,(H,18,21);3-6H,2H2,1H3;3-7H,2H2,1H3;1-5H,(H,12,13);2*1H. The summed E-state index contributed by atoms with van der Waals surface area (Å²) in [5.41, 5.74) is 5.43. The van der Waals surface area contributed by atoms with E-state index in [2.05, 4.69) is 166 Å². The van der Waals surface area contributed by atoms with Crippen molar-refractivity contribution in [1.29, 1.82) is 0 Å². The molecule has 2 amide bonds. The lowest BCUT2D eigenvalue weighted by Crippen LogP contribution is -2.35. The van der Waals surface area contributed by atoms with Crippen LogP contribution in [0.5, 0.6) is 0 Å². The molecule has 0 unspecified atom stereocenters. The number of carbonyl (C=O) groups is 5. The van der Waals surface area contributed by atoms with E-state index in [0.29, 0.717) is 54.6 Å². The molecule has 27 heteroatoms. The summed E-state index contributed by atoms with van der Waals surface area (Å²) >= 11 is 6.51. The number of nitrogens with one attached hydrogen (secondary N) is 2. The van der Waals surface area contributed by atoms with Crippen molar-refractivity contribution in [2.75, 3.05) is 65.6 Å². The number of carboxylic acids is 1. The first-order valence-corrected chi connectivity index (χ1v) is 30.6. The van der Waals surface area contributed by atoms with Gasteiger partial charge >= 0.3 is 17.9 Å². The maximum absolute atomic E-state index is 12.1. The number of nitrogens with zero attached hydrogens (tertiary/aromatic N) is 12. The van der Waals surface area contributed by atoms with E-state index in [0.717, 1.165) is 99.0 Å². The smallest absolute Gasteiger partial charge is 0.356 e. The summed E-state index contributed by atoms with van der Waals surface area (Å²) in [6.45, 7) is 19.7. The molecule has 10 heterocycles. The van der Waals surface area contributed by atoms with E-state index in [1.807, 2.05) is 24.3 Å². The predicted molar refractivity (Wildman–Crippen MR) is 369 cm³/mol. The van der Waals surface area contributed by atoms with Crippen molar-refractivity contribution in [1.82, 2.24) is 70.3 Å². The van der Waals surface area contributed by atoms with Crippen LogP contribution in [-0.2, 0) is 9.47 Å². The second kappa shape index (κ2) is 38.3. The van der Waals surface area contributed by atoms with Crippen LogP contribution in [-0.4, -0.2) is 160 Å². The molecule has 0 atom stereocenters. The number of hydrogen-bond acceptors (Lipinski definition) is 19. The summed E-state index contributed by atoms with van der Waals surface area (Å²) in [4.78, 5) is 104. The van der Waals surface area contributed by atoms with E-state index in [1.165, 1.54) is 6.07 Å². The average molecular weight is 1570 g/mol. The fourth-order valence-corrected chi connectivity index (χ4v) is 9.66. The van der Waals surface area contributed by atoms with Gasteiger partial charge in [-0.05, 0) is 181 Å². The summed E-state index contributed by atoms with van der Waals surface area (Å²) in [5, 5.41) is 19.1. The molecule has 88 heavy (non-hydrogen) atoms. The number of rotatable bonds is 17. The van der Waals surface area contributed by atoms with Gasteiger partial charge in [0.15, 0.2) is 0 Å². The van der Waals surface area contributed by atoms with Gasteiger partial charge in [-0.1, -0.05) is 27.7 Å². The van der Waals surface area contributed by atoms with E-state index in [-0.39, 0.29) is 42.3 Å². The van der Waals surface area contributed by atoms with Gasteiger partial charge in [-0.2, -0.15) is 0 Å². The number of carboxylic acid groups (broad SMARTS) is 1. The van der Waals surface area contributed by atoms with Gasteiger partial charge < -0.3 is 35.0 Å². The van der Waals surface area contributed by atoms with Crippen LogP contribution in [0, 0.1) is 10.7 Å². The zero-order valence-electron chi connectivity index (χ0n) is 48.9. The molecule has 0 aliphatic carbocycles. The highest BCUT2D eigenvalue weighted by atomic mass is 127. The highest BCUT2D eigenvalue weighted by Crippen LogP contribution is 2.20. The van der Waals surface area contributed by atoms with Crippen molar-refractivity contribution in [2.45, 2.75) is 41.5 Å². The SMILES string of the molecule is CCN(CC)CCNC(=O)c1ccc2cncc(I)c2n1.CCN(CC)CCNC(=O)c1ccc2cncc(I)c2n1.CCOC(=O)c1ccc2cncc(I)c2n1.CCOC(=O)c1ccc2cnccc2n1.Cl.Cl.O=C(O)c1ccc2cnccc2n1. The number of ether oxygens (including phenoxy) is 2. The molecule has 3 N–H and O–H groups in total. The molecule has 0 radical (unpaired) electrons. The Kier molecular flexibility index (Phi) is 31.9. The van der Waals surface area contributed by atoms with E-state index < -0.39 is 17.9 Å². The Morgan fingerprint density at radius 3 is 1.10 bits per heavy atom. The van der Waals surface area contributed by atoms with E-state index in [9.17, 15) is 24.0 Å². The quantitative estimate of drug-likeness (QED) is 0.0564. The van der Waals surface area contributed by atoms with Gasteiger partial charge in [-0.3, -0.25) is 34.5 Å². The lowest BCUT2D eigenvalue weighted by Gasteiger charge is -2.17. The predicted octanol–water partition coefficient (Wildman–Crippen LogP) is 11.0. The minimum atomic E-state index is -1.02. The minimum Gasteiger partial charge on any atom is -0.477 e. The van der Waals surface area contributed by atoms with Crippen LogP contribution in [0.15, 0.2) is 135 Å². The molecule has 0 aliphatic heterocycles. The molecule has 0 aromatic carbocycles. The zero-order valence-corrected chi connectivity index (χ0v) is 57.0. The third kappa shape index (κ3) is 21.9. The Morgan fingerprint density at radius 2 is 0.739 bits per heavy atom. The molecule has 10 aromatic heterocycles. The summed E-state index contributed by atoms with van der Waals surface area (Å²) in [6.07, 6.45) is 17.0. The van der Waals surface area contributed by atoms with Gasteiger partial charge in [0.2, 0.25) is 0 Å². The largest absolute Gasteiger partial charge is 0.477 e. The number of halogens is 5. The van der Waals surface area contributed by atoms with Crippen molar-refractivity contribution >= 4 is 177 Å². The lowest BCUT2D eigenvalue weighted by molar-refractivity contribution is 0.0510. The van der Waals surface area contributed by atoms with Gasteiger partial charge in [-0.15, -0.1) is 24.8 Å². The minimum absolute atomic E-state index is 0. The van der Waals surface area contributed by atoms with Crippen LogP contribution >= 0.6 is 92.6 Å². The number of likely N-dealkylation sites (N-methyl/N-ethyl adjacent to an activating group) is 2. The van der Waals surface area contributed by atoms with Crippen molar-refractivity contribution in [2.24, 2.45) is 0 Å². The number of carbonyl (C=O) groups excluding carboxylic acids is 4. The topological polar surface area (TPSA) is 283 Å². The Labute approximate surface area is 561 Å². The van der Waals surface area contributed by atoms with Gasteiger partial charge in [0.1, 0.15) is 28.5 Å². The third-order valence-corrected chi connectivity index (χ3v) is 14.9.